The first-order valence-electron chi connectivity index (χ1n) is 4.62. The van der Waals surface area contributed by atoms with Gasteiger partial charge in [-0.2, -0.15) is 0 Å². The number of hydrogen-bond acceptors (Lipinski definition) is 2. The Morgan fingerprint density at radius 2 is 2.00 bits per heavy atom. The number of carbonyl (C=O) groups excluding carboxylic acids is 1. The fraction of sp³-hybridized carbons (Fsp3) is 0.182. The Morgan fingerprint density at radius 1 is 1.31 bits per heavy atom. The van der Waals surface area contributed by atoms with Crippen molar-refractivity contribution in [3.63, 3.8) is 0 Å². The maximum absolute atomic E-state index is 13.0. The van der Waals surface area contributed by atoms with Crippen molar-refractivity contribution in [1.29, 1.82) is 0 Å². The van der Waals surface area contributed by atoms with Crippen LogP contribution in [-0.4, -0.2) is 29.2 Å². The van der Waals surface area contributed by atoms with E-state index in [1.54, 1.807) is 0 Å². The Morgan fingerprint density at radius 3 is 2.50 bits per heavy atom. The van der Waals surface area contributed by atoms with Crippen LogP contribution < -0.4 is 0 Å². The molecule has 1 N–H and O–H groups in total. The van der Waals surface area contributed by atoms with Crippen molar-refractivity contribution >= 4 is 11.5 Å². The molecule has 84 valence electrons. The minimum Gasteiger partial charge on any atom is -0.369 e. The van der Waals surface area contributed by atoms with Gasteiger partial charge >= 0.3 is 0 Å². The van der Waals surface area contributed by atoms with Gasteiger partial charge in [0.25, 0.3) is 0 Å². The third-order valence-corrected chi connectivity index (χ3v) is 2.52. The molecule has 0 saturated heterocycles. The average molecular weight is 225 g/mol. The van der Waals surface area contributed by atoms with E-state index in [1.165, 1.54) is 19.2 Å². The van der Waals surface area contributed by atoms with E-state index < -0.39 is 17.9 Å². The number of carbonyl (C=O) groups is 1. The molecule has 0 aliphatic carbocycles. The van der Waals surface area contributed by atoms with E-state index in [1.807, 2.05) is 0 Å². The Bertz CT molecular complexity index is 485. The van der Waals surface area contributed by atoms with E-state index in [9.17, 15) is 18.7 Å². The van der Waals surface area contributed by atoms with Gasteiger partial charge < -0.3 is 10.0 Å². The van der Waals surface area contributed by atoms with Crippen LogP contribution >= 0.6 is 0 Å². The largest absolute Gasteiger partial charge is 0.369 e. The minimum atomic E-state index is -1.11. The Kier molecular flexibility index (Phi) is 2.47. The minimum absolute atomic E-state index is 0.270. The van der Waals surface area contributed by atoms with E-state index in [0.29, 0.717) is 5.56 Å². The van der Waals surface area contributed by atoms with Crippen molar-refractivity contribution in [3.05, 3.63) is 41.5 Å². The lowest BCUT2D eigenvalue weighted by molar-refractivity contribution is -0.128. The third kappa shape index (κ3) is 1.59. The van der Waals surface area contributed by atoms with Crippen molar-refractivity contribution in [1.82, 2.24) is 4.90 Å². The molecule has 1 aromatic carbocycles. The van der Waals surface area contributed by atoms with Crippen molar-refractivity contribution in [2.45, 2.75) is 6.23 Å². The normalized spacial score (nSPS) is 20.2. The van der Waals surface area contributed by atoms with Gasteiger partial charge in [0, 0.05) is 18.7 Å². The Labute approximate surface area is 90.6 Å². The number of benzene rings is 1. The molecule has 0 fully saturated rings. The number of aliphatic hydroxyl groups excluding tert-OH is 1. The van der Waals surface area contributed by atoms with Gasteiger partial charge in [-0.15, -0.1) is 0 Å². The molecule has 16 heavy (non-hydrogen) atoms. The highest BCUT2D eigenvalue weighted by atomic mass is 19.2. The maximum Gasteiger partial charge on any atom is 0.249 e. The van der Waals surface area contributed by atoms with Gasteiger partial charge in [-0.25, -0.2) is 8.78 Å². The van der Waals surface area contributed by atoms with Crippen molar-refractivity contribution in [2.75, 3.05) is 7.05 Å². The number of rotatable bonds is 1. The summed E-state index contributed by atoms with van der Waals surface area (Å²) in [5, 5.41) is 9.66. The molecule has 0 saturated carbocycles. The summed E-state index contributed by atoms with van der Waals surface area (Å²) in [6, 6.07) is 3.23. The summed E-state index contributed by atoms with van der Waals surface area (Å²) in [7, 11) is 1.43. The summed E-state index contributed by atoms with van der Waals surface area (Å²) in [5.74, 6) is -2.34. The molecule has 1 aliphatic heterocycles. The van der Waals surface area contributed by atoms with Gasteiger partial charge in [0.15, 0.2) is 17.9 Å². The Hall–Kier alpha value is -1.75. The number of halogens is 2. The number of nitrogens with zero attached hydrogens (tertiary/aromatic N) is 1. The predicted octanol–water partition coefficient (Wildman–Crippen LogP) is 1.14. The molecule has 1 aromatic rings. The third-order valence-electron chi connectivity index (χ3n) is 2.52. The second-order valence-corrected chi connectivity index (χ2v) is 3.55. The van der Waals surface area contributed by atoms with Gasteiger partial charge in [0.05, 0.1) is 0 Å². The SMILES string of the molecule is CN1C(=O)C=C(c2ccc(F)c(F)c2)C1O. The first kappa shape index (κ1) is 10.8. The van der Waals surface area contributed by atoms with Gasteiger partial charge in [0.2, 0.25) is 5.91 Å². The summed E-state index contributed by atoms with van der Waals surface area (Å²) in [6.45, 7) is 0. The summed E-state index contributed by atoms with van der Waals surface area (Å²) < 4.78 is 25.7. The van der Waals surface area contributed by atoms with Crippen LogP contribution in [0.4, 0.5) is 8.78 Å². The van der Waals surface area contributed by atoms with Gasteiger partial charge in [-0.3, -0.25) is 4.79 Å². The molecule has 1 heterocycles. The van der Waals surface area contributed by atoms with Crippen LogP contribution in [-0.2, 0) is 4.79 Å². The molecule has 1 atom stereocenters. The first-order valence-corrected chi connectivity index (χ1v) is 4.62. The Balaban J connectivity index is 2.42. The highest BCUT2D eigenvalue weighted by Gasteiger charge is 2.28. The zero-order valence-corrected chi connectivity index (χ0v) is 8.45. The van der Waals surface area contributed by atoms with Gasteiger partial charge in [-0.05, 0) is 17.7 Å². The predicted molar refractivity (Wildman–Crippen MR) is 53.1 cm³/mol. The fourth-order valence-corrected chi connectivity index (χ4v) is 1.55. The quantitative estimate of drug-likeness (QED) is 0.778. The molecule has 1 unspecified atom stereocenters. The number of likely N-dealkylation sites (N-methyl/N-ethyl adjacent to an activating group) is 1. The maximum atomic E-state index is 13.0. The lowest BCUT2D eigenvalue weighted by Crippen LogP contribution is -2.30. The van der Waals surface area contributed by atoms with Gasteiger partial charge in [-0.1, -0.05) is 6.07 Å². The molecule has 0 spiro atoms. The van der Waals surface area contributed by atoms with Crippen molar-refractivity contribution in [2.24, 2.45) is 0 Å². The molecule has 1 aliphatic rings. The van der Waals surface area contributed by atoms with Crippen LogP contribution in [0.3, 0.4) is 0 Å². The van der Waals surface area contributed by atoms with Crippen LogP contribution in [0.2, 0.25) is 0 Å². The van der Waals surface area contributed by atoms with E-state index in [2.05, 4.69) is 0 Å². The highest BCUT2D eigenvalue weighted by Crippen LogP contribution is 2.26. The number of amides is 1. The van der Waals surface area contributed by atoms with Crippen LogP contribution in [0.25, 0.3) is 5.57 Å². The fourth-order valence-electron chi connectivity index (χ4n) is 1.55. The van der Waals surface area contributed by atoms with Crippen LogP contribution in [0.15, 0.2) is 24.3 Å². The smallest absolute Gasteiger partial charge is 0.249 e. The topological polar surface area (TPSA) is 40.5 Å². The first-order chi connectivity index (χ1) is 7.50. The molecule has 0 radical (unpaired) electrons. The van der Waals surface area contributed by atoms with E-state index in [4.69, 9.17) is 0 Å². The molecule has 1 amide bonds. The zero-order valence-electron chi connectivity index (χ0n) is 8.45. The molecular formula is C11H9F2NO2. The van der Waals surface area contributed by atoms with E-state index in [0.717, 1.165) is 17.0 Å². The second-order valence-electron chi connectivity index (χ2n) is 3.55. The van der Waals surface area contributed by atoms with Crippen molar-refractivity contribution in [3.8, 4) is 0 Å². The second kappa shape index (κ2) is 3.68. The molecule has 2 rings (SSSR count). The summed E-state index contributed by atoms with van der Waals surface area (Å²) >= 11 is 0. The van der Waals surface area contributed by atoms with E-state index in [-0.39, 0.29) is 11.5 Å². The van der Waals surface area contributed by atoms with Crippen LogP contribution in [0.5, 0.6) is 0 Å². The lowest BCUT2D eigenvalue weighted by atomic mass is 10.1. The molecule has 3 nitrogen and oxygen atoms in total. The molecule has 0 aromatic heterocycles. The van der Waals surface area contributed by atoms with Crippen LogP contribution in [0, 0.1) is 11.6 Å². The molecular weight excluding hydrogens is 216 g/mol. The standard InChI is InChI=1S/C11H9F2NO2/c1-14-10(15)5-7(11(14)16)6-2-3-8(12)9(13)4-6/h2-5,11,16H,1H3. The van der Waals surface area contributed by atoms with Crippen LogP contribution in [0.1, 0.15) is 5.56 Å². The molecule has 5 heteroatoms. The monoisotopic (exact) mass is 225 g/mol. The summed E-state index contributed by atoms with van der Waals surface area (Å²) in [5.41, 5.74) is 0.565. The number of aliphatic hydroxyl groups is 1. The highest BCUT2D eigenvalue weighted by molar-refractivity contribution is 6.01. The molecule has 0 bridgehead atoms. The average Bonchev–Trinajstić information content (AvgIpc) is 2.50. The summed E-state index contributed by atoms with van der Waals surface area (Å²) in [6.07, 6.45) is 0.0921. The van der Waals surface area contributed by atoms with Crippen molar-refractivity contribution < 1.29 is 18.7 Å². The van der Waals surface area contributed by atoms with E-state index >= 15 is 0 Å². The number of hydrogen-bond donors (Lipinski definition) is 1. The summed E-state index contributed by atoms with van der Waals surface area (Å²) in [4.78, 5) is 12.3. The lowest BCUT2D eigenvalue weighted by Gasteiger charge is -2.17. The zero-order chi connectivity index (χ0) is 11.9. The van der Waals surface area contributed by atoms with Gasteiger partial charge in [0.1, 0.15) is 0 Å².